The van der Waals surface area contributed by atoms with Crippen molar-refractivity contribution in [2.45, 2.75) is 26.4 Å². The lowest BCUT2D eigenvalue weighted by Gasteiger charge is -2.36. The molecule has 3 rings (SSSR count). The number of rotatable bonds is 2. The van der Waals surface area contributed by atoms with Gasteiger partial charge in [0.05, 0.1) is 5.69 Å². The third kappa shape index (κ3) is 3.84. The molecule has 1 N–H and O–H groups in total. The van der Waals surface area contributed by atoms with Gasteiger partial charge >= 0.3 is 6.09 Å². The molecule has 0 unspecified atom stereocenters. The Morgan fingerprint density at radius 2 is 1.92 bits per heavy atom. The van der Waals surface area contributed by atoms with Crippen molar-refractivity contribution in [1.29, 1.82) is 0 Å². The number of hydrogen-bond donors (Lipinski definition) is 1. The number of hydrogen-bond acceptors (Lipinski definition) is 5. The van der Waals surface area contributed by atoms with E-state index in [9.17, 15) is 4.79 Å². The first-order valence-electron chi connectivity index (χ1n) is 8.11. The second-order valence-corrected chi connectivity index (χ2v) is 6.83. The Hall–Kier alpha value is -2.57. The highest BCUT2D eigenvalue weighted by Gasteiger charge is 2.26. The lowest BCUT2D eigenvalue weighted by molar-refractivity contribution is 0.0240. The highest BCUT2D eigenvalue weighted by Crippen LogP contribution is 2.20. The van der Waals surface area contributed by atoms with Crippen LogP contribution < -0.4 is 4.90 Å². The van der Waals surface area contributed by atoms with Crippen molar-refractivity contribution >= 4 is 11.9 Å². The zero-order valence-corrected chi connectivity index (χ0v) is 14.3. The predicted molar refractivity (Wildman–Crippen MR) is 91.8 cm³/mol. The maximum atomic E-state index is 12.1. The normalized spacial score (nSPS) is 15.5. The van der Waals surface area contributed by atoms with Crippen molar-refractivity contribution in [1.82, 2.24) is 20.1 Å². The summed E-state index contributed by atoms with van der Waals surface area (Å²) in [5, 5.41) is 6.88. The van der Waals surface area contributed by atoms with Crippen molar-refractivity contribution in [2.75, 3.05) is 31.1 Å². The molecule has 7 heteroatoms. The number of carbonyl (C=O) groups excluding carboxylic acids is 1. The fourth-order valence-corrected chi connectivity index (χ4v) is 2.59. The molecule has 0 bridgehead atoms. The van der Waals surface area contributed by atoms with E-state index < -0.39 is 5.60 Å². The van der Waals surface area contributed by atoms with Crippen LogP contribution in [-0.2, 0) is 4.74 Å². The van der Waals surface area contributed by atoms with E-state index in [2.05, 4.69) is 20.1 Å². The predicted octanol–water partition coefficient (Wildman–Crippen LogP) is 2.53. The molecule has 1 amide bonds. The molecule has 128 valence electrons. The summed E-state index contributed by atoms with van der Waals surface area (Å²) >= 11 is 0. The van der Waals surface area contributed by atoms with Crippen LogP contribution in [0.4, 0.5) is 10.6 Å². The monoisotopic (exact) mass is 329 g/mol. The summed E-state index contributed by atoms with van der Waals surface area (Å²) in [6.45, 7) is 8.41. The Morgan fingerprint density at radius 3 is 2.46 bits per heavy atom. The summed E-state index contributed by atoms with van der Waals surface area (Å²) < 4.78 is 5.42. The average molecular weight is 329 g/mol. The maximum absolute atomic E-state index is 12.1. The van der Waals surface area contributed by atoms with E-state index in [1.807, 2.05) is 45.2 Å². The van der Waals surface area contributed by atoms with Gasteiger partial charge in [0.2, 0.25) is 0 Å². The molecular weight excluding hydrogens is 306 g/mol. The van der Waals surface area contributed by atoms with E-state index in [1.165, 1.54) is 0 Å². The number of anilines is 1. The van der Waals surface area contributed by atoms with Gasteiger partial charge < -0.3 is 14.5 Å². The first kappa shape index (κ1) is 16.3. The number of nitrogens with zero attached hydrogens (tertiary/aromatic N) is 4. The minimum absolute atomic E-state index is 0.246. The summed E-state index contributed by atoms with van der Waals surface area (Å²) in [4.78, 5) is 20.6. The number of nitrogens with one attached hydrogen (secondary N) is 1. The lowest BCUT2D eigenvalue weighted by Crippen LogP contribution is -2.50. The lowest BCUT2D eigenvalue weighted by atomic mass is 10.2. The van der Waals surface area contributed by atoms with Gasteiger partial charge in [0.1, 0.15) is 11.4 Å². The molecule has 1 saturated heterocycles. The molecule has 1 aliphatic heterocycles. The topological polar surface area (TPSA) is 74.3 Å². The molecule has 0 aromatic carbocycles. The van der Waals surface area contributed by atoms with Crippen molar-refractivity contribution in [3.05, 3.63) is 30.6 Å². The average Bonchev–Trinajstić information content (AvgIpc) is 3.08. The molecule has 0 aliphatic carbocycles. The molecule has 0 spiro atoms. The molecule has 1 aliphatic rings. The summed E-state index contributed by atoms with van der Waals surface area (Å²) in [7, 11) is 0. The van der Waals surface area contributed by atoms with Gasteiger partial charge in [0.25, 0.3) is 0 Å². The Morgan fingerprint density at radius 1 is 1.17 bits per heavy atom. The Bertz CT molecular complexity index is 668. The van der Waals surface area contributed by atoms with Crippen LogP contribution in [0.1, 0.15) is 20.8 Å². The third-order valence-corrected chi connectivity index (χ3v) is 3.81. The van der Waals surface area contributed by atoms with Crippen LogP contribution in [-0.4, -0.2) is 58.0 Å². The summed E-state index contributed by atoms with van der Waals surface area (Å²) in [5.74, 6) is 0.919. The molecule has 2 aromatic rings. The molecule has 0 atom stereocenters. The quantitative estimate of drug-likeness (QED) is 0.916. The van der Waals surface area contributed by atoms with Gasteiger partial charge in [0.15, 0.2) is 0 Å². The molecule has 0 saturated carbocycles. The molecule has 24 heavy (non-hydrogen) atoms. The largest absolute Gasteiger partial charge is 0.444 e. The number of carbonyl (C=O) groups is 1. The van der Waals surface area contributed by atoms with E-state index in [0.717, 1.165) is 30.2 Å². The third-order valence-electron chi connectivity index (χ3n) is 3.81. The van der Waals surface area contributed by atoms with Crippen molar-refractivity contribution in [3.63, 3.8) is 0 Å². The second kappa shape index (κ2) is 6.51. The van der Waals surface area contributed by atoms with Crippen molar-refractivity contribution in [3.8, 4) is 11.3 Å². The number of aromatic nitrogens is 3. The van der Waals surface area contributed by atoms with Gasteiger partial charge in [-0.2, -0.15) is 5.10 Å². The summed E-state index contributed by atoms with van der Waals surface area (Å²) in [5.41, 5.74) is 1.49. The summed E-state index contributed by atoms with van der Waals surface area (Å²) in [6, 6.07) is 5.94. The Labute approximate surface area is 141 Å². The zero-order chi connectivity index (χ0) is 17.2. The second-order valence-electron chi connectivity index (χ2n) is 6.83. The van der Waals surface area contributed by atoms with Crippen LogP contribution in [0.5, 0.6) is 0 Å². The van der Waals surface area contributed by atoms with Crippen LogP contribution in [0.2, 0.25) is 0 Å². The smallest absolute Gasteiger partial charge is 0.410 e. The van der Waals surface area contributed by atoms with Gasteiger partial charge in [-0.15, -0.1) is 0 Å². The first-order chi connectivity index (χ1) is 11.4. The van der Waals surface area contributed by atoms with E-state index in [4.69, 9.17) is 4.74 Å². The fraction of sp³-hybridized carbons (Fsp3) is 0.471. The van der Waals surface area contributed by atoms with Crippen LogP contribution >= 0.6 is 0 Å². The number of H-pyrrole nitrogens is 1. The van der Waals surface area contributed by atoms with Gasteiger partial charge in [-0.05, 0) is 39.0 Å². The number of ether oxygens (including phenoxy) is 1. The Balaban J connectivity index is 1.58. The van der Waals surface area contributed by atoms with Crippen LogP contribution in [0.15, 0.2) is 30.6 Å². The highest BCUT2D eigenvalue weighted by molar-refractivity contribution is 5.68. The zero-order valence-electron chi connectivity index (χ0n) is 14.3. The van der Waals surface area contributed by atoms with Crippen LogP contribution in [0, 0.1) is 0 Å². The van der Waals surface area contributed by atoms with Crippen molar-refractivity contribution in [2.24, 2.45) is 0 Å². The Kier molecular flexibility index (Phi) is 4.42. The van der Waals surface area contributed by atoms with E-state index >= 15 is 0 Å². The minimum Gasteiger partial charge on any atom is -0.444 e. The van der Waals surface area contributed by atoms with Gasteiger partial charge in [-0.25, -0.2) is 9.78 Å². The number of amides is 1. The molecule has 0 radical (unpaired) electrons. The van der Waals surface area contributed by atoms with Crippen molar-refractivity contribution < 1.29 is 9.53 Å². The fourth-order valence-electron chi connectivity index (χ4n) is 2.59. The number of aromatic amines is 1. The van der Waals surface area contributed by atoms with Crippen LogP contribution in [0.25, 0.3) is 11.3 Å². The maximum Gasteiger partial charge on any atom is 0.410 e. The SMILES string of the molecule is CC(C)(C)OC(=O)N1CCN(c2ccc(-c3ccn[nH]3)cn2)CC1. The number of pyridine rings is 1. The molecule has 2 aromatic heterocycles. The molecule has 7 nitrogen and oxygen atoms in total. The van der Waals surface area contributed by atoms with E-state index in [-0.39, 0.29) is 6.09 Å². The first-order valence-corrected chi connectivity index (χ1v) is 8.11. The minimum atomic E-state index is -0.460. The summed E-state index contributed by atoms with van der Waals surface area (Å²) in [6.07, 6.45) is 3.31. The molecule has 3 heterocycles. The number of piperazine rings is 1. The highest BCUT2D eigenvalue weighted by atomic mass is 16.6. The van der Waals surface area contributed by atoms with Gasteiger partial charge in [-0.3, -0.25) is 5.10 Å². The van der Waals surface area contributed by atoms with Crippen LogP contribution in [0.3, 0.4) is 0 Å². The molecule has 1 fully saturated rings. The van der Waals surface area contributed by atoms with E-state index in [0.29, 0.717) is 13.1 Å². The van der Waals surface area contributed by atoms with Gasteiger partial charge in [-0.1, -0.05) is 0 Å². The van der Waals surface area contributed by atoms with Gasteiger partial charge in [0, 0.05) is 44.1 Å². The molecular formula is C17H23N5O2. The van der Waals surface area contributed by atoms with E-state index in [1.54, 1.807) is 11.1 Å². The standard InChI is InChI=1S/C17H23N5O2/c1-17(2,3)24-16(23)22-10-8-21(9-11-22)15-5-4-13(12-18-15)14-6-7-19-20-14/h4-7,12H,8-11H2,1-3H3,(H,19,20).